The molecule has 4 rings (SSSR count). The predicted molar refractivity (Wildman–Crippen MR) is 121 cm³/mol. The fourth-order valence-corrected chi connectivity index (χ4v) is 5.73. The average molecular weight is 441 g/mol. The number of carbonyl (C=O) groups is 1. The monoisotopic (exact) mass is 440 g/mol. The summed E-state index contributed by atoms with van der Waals surface area (Å²) < 4.78 is 29.0. The molecule has 1 aliphatic heterocycles. The van der Waals surface area contributed by atoms with Gasteiger partial charge in [0.2, 0.25) is 5.91 Å². The molecule has 2 aromatic carbocycles. The summed E-state index contributed by atoms with van der Waals surface area (Å²) in [5, 5.41) is 2.21. The number of amides is 1. The van der Waals surface area contributed by atoms with Crippen molar-refractivity contribution in [2.24, 2.45) is 13.0 Å². The molecule has 0 unspecified atom stereocenters. The molecule has 3 aromatic rings. The first kappa shape index (κ1) is 21.5. The van der Waals surface area contributed by atoms with Crippen LogP contribution < -0.4 is 4.90 Å². The minimum absolute atomic E-state index is 0.0598. The van der Waals surface area contributed by atoms with Crippen LogP contribution in [0.1, 0.15) is 25.6 Å². The molecule has 1 aromatic heterocycles. The molecule has 1 amide bonds. The Balaban J connectivity index is 1.50. The van der Waals surface area contributed by atoms with Gasteiger partial charge in [0, 0.05) is 44.2 Å². The molecule has 0 bridgehead atoms. The molecule has 164 valence electrons. The van der Waals surface area contributed by atoms with E-state index in [0.29, 0.717) is 38.3 Å². The van der Waals surface area contributed by atoms with Crippen molar-refractivity contribution in [3.63, 3.8) is 0 Å². The summed E-state index contributed by atoms with van der Waals surface area (Å²) in [6, 6.07) is 14.0. The third kappa shape index (κ3) is 3.97. The summed E-state index contributed by atoms with van der Waals surface area (Å²) in [6.45, 7) is 4.96. The Hall–Kier alpha value is -2.71. The van der Waals surface area contributed by atoms with Crippen molar-refractivity contribution in [1.29, 1.82) is 0 Å². The van der Waals surface area contributed by atoms with Gasteiger partial charge in [0.25, 0.3) is 10.0 Å². The molecule has 1 aliphatic rings. The van der Waals surface area contributed by atoms with Gasteiger partial charge in [0.1, 0.15) is 5.82 Å². The average Bonchev–Trinajstić information content (AvgIpc) is 3.13. The van der Waals surface area contributed by atoms with Gasteiger partial charge in [-0.3, -0.25) is 4.79 Å². The molecule has 1 saturated heterocycles. The number of nitrogens with zero attached hydrogens (tertiary/aromatic N) is 4. The maximum atomic E-state index is 13.4. The molecule has 0 atom stereocenters. The van der Waals surface area contributed by atoms with E-state index >= 15 is 0 Å². The third-order valence-corrected chi connectivity index (χ3v) is 7.90. The molecule has 0 saturated carbocycles. The minimum Gasteiger partial charge on any atom is -0.337 e. The van der Waals surface area contributed by atoms with Crippen molar-refractivity contribution < 1.29 is 13.2 Å². The van der Waals surface area contributed by atoms with Crippen LogP contribution in [0.25, 0.3) is 10.8 Å². The van der Waals surface area contributed by atoms with Gasteiger partial charge in [-0.25, -0.2) is 13.4 Å². The van der Waals surface area contributed by atoms with Gasteiger partial charge >= 0.3 is 0 Å². The van der Waals surface area contributed by atoms with Crippen molar-refractivity contribution in [3.05, 3.63) is 54.5 Å². The first-order valence-electron chi connectivity index (χ1n) is 10.6. The van der Waals surface area contributed by atoms with Gasteiger partial charge in [-0.15, -0.1) is 0 Å². The zero-order chi connectivity index (χ0) is 22.2. The SMILES string of the molecule is CCN(C(=O)C1CCN(S(=O)(=O)c2cn(C)c(C)n2)CC1)c1cccc2ccccc12. The molecule has 0 N–H and O–H groups in total. The van der Waals surface area contributed by atoms with Crippen LogP contribution in [0.5, 0.6) is 0 Å². The van der Waals surface area contributed by atoms with Crippen LogP contribution >= 0.6 is 0 Å². The predicted octanol–water partition coefficient (Wildman–Crippen LogP) is 3.34. The summed E-state index contributed by atoms with van der Waals surface area (Å²) in [4.78, 5) is 19.4. The summed E-state index contributed by atoms with van der Waals surface area (Å²) in [5.74, 6) is 0.512. The highest BCUT2D eigenvalue weighted by molar-refractivity contribution is 7.89. The van der Waals surface area contributed by atoms with E-state index in [-0.39, 0.29) is 16.9 Å². The van der Waals surface area contributed by atoms with E-state index < -0.39 is 10.0 Å². The van der Waals surface area contributed by atoms with Crippen molar-refractivity contribution in [2.45, 2.75) is 31.7 Å². The second-order valence-electron chi connectivity index (χ2n) is 8.00. The van der Waals surface area contributed by atoms with E-state index in [0.717, 1.165) is 16.5 Å². The molecule has 31 heavy (non-hydrogen) atoms. The minimum atomic E-state index is -3.64. The molecule has 0 spiro atoms. The Morgan fingerprint density at radius 1 is 1.13 bits per heavy atom. The summed E-state index contributed by atoms with van der Waals surface area (Å²) in [5.41, 5.74) is 0.907. The number of hydrogen-bond acceptors (Lipinski definition) is 4. The number of carbonyl (C=O) groups excluding carboxylic acids is 1. The van der Waals surface area contributed by atoms with Crippen LogP contribution in [0.15, 0.2) is 53.7 Å². The fraction of sp³-hybridized carbons (Fsp3) is 0.391. The molecule has 0 aliphatic carbocycles. The summed E-state index contributed by atoms with van der Waals surface area (Å²) >= 11 is 0. The largest absolute Gasteiger partial charge is 0.337 e. The molecule has 0 radical (unpaired) electrons. The maximum Gasteiger partial charge on any atom is 0.262 e. The number of hydrogen-bond donors (Lipinski definition) is 0. The Labute approximate surface area is 183 Å². The van der Waals surface area contributed by atoms with Crippen molar-refractivity contribution in [3.8, 4) is 0 Å². The second-order valence-corrected chi connectivity index (χ2v) is 9.88. The lowest BCUT2D eigenvalue weighted by Crippen LogP contribution is -2.44. The molecular weight excluding hydrogens is 412 g/mol. The number of aryl methyl sites for hydroxylation is 2. The zero-order valence-electron chi connectivity index (χ0n) is 18.2. The summed E-state index contributed by atoms with van der Waals surface area (Å²) in [7, 11) is -1.87. The van der Waals surface area contributed by atoms with E-state index in [9.17, 15) is 13.2 Å². The van der Waals surface area contributed by atoms with Crippen molar-refractivity contribution in [2.75, 3.05) is 24.5 Å². The quantitative estimate of drug-likeness (QED) is 0.610. The lowest BCUT2D eigenvalue weighted by Gasteiger charge is -2.33. The van der Waals surface area contributed by atoms with E-state index in [4.69, 9.17) is 0 Å². The first-order chi connectivity index (χ1) is 14.8. The highest BCUT2D eigenvalue weighted by Gasteiger charge is 2.35. The Bertz CT molecular complexity index is 1190. The van der Waals surface area contributed by atoms with E-state index in [1.54, 1.807) is 24.7 Å². The second kappa shape index (κ2) is 8.43. The lowest BCUT2D eigenvalue weighted by molar-refractivity contribution is -0.123. The summed E-state index contributed by atoms with van der Waals surface area (Å²) in [6.07, 6.45) is 2.55. The number of sulfonamides is 1. The van der Waals surface area contributed by atoms with Crippen molar-refractivity contribution in [1.82, 2.24) is 13.9 Å². The molecule has 8 heteroatoms. The van der Waals surface area contributed by atoms with Crippen LogP contribution in [0.2, 0.25) is 0 Å². The van der Waals surface area contributed by atoms with Crippen LogP contribution in [0.3, 0.4) is 0 Å². The lowest BCUT2D eigenvalue weighted by atomic mass is 9.95. The third-order valence-electron chi connectivity index (χ3n) is 6.13. The number of anilines is 1. The van der Waals surface area contributed by atoms with Gasteiger partial charge in [-0.2, -0.15) is 4.31 Å². The van der Waals surface area contributed by atoms with Gasteiger partial charge in [0.05, 0.1) is 5.69 Å². The topological polar surface area (TPSA) is 75.5 Å². The number of aromatic nitrogens is 2. The van der Waals surface area contributed by atoms with Crippen LogP contribution in [0.4, 0.5) is 5.69 Å². The smallest absolute Gasteiger partial charge is 0.262 e. The van der Waals surface area contributed by atoms with E-state index in [2.05, 4.69) is 4.98 Å². The Morgan fingerprint density at radius 3 is 2.45 bits per heavy atom. The number of piperidine rings is 1. The normalized spacial score (nSPS) is 16.0. The fourth-order valence-electron chi connectivity index (χ4n) is 4.23. The number of benzene rings is 2. The van der Waals surface area contributed by atoms with E-state index in [1.807, 2.05) is 54.3 Å². The first-order valence-corrected chi connectivity index (χ1v) is 12.1. The maximum absolute atomic E-state index is 13.4. The zero-order valence-corrected chi connectivity index (χ0v) is 19.0. The molecule has 2 heterocycles. The van der Waals surface area contributed by atoms with Crippen LogP contribution in [0, 0.1) is 12.8 Å². The highest BCUT2D eigenvalue weighted by atomic mass is 32.2. The number of fused-ring (bicyclic) bond motifs is 1. The van der Waals surface area contributed by atoms with Gasteiger partial charge in [-0.05, 0) is 38.1 Å². The molecule has 7 nitrogen and oxygen atoms in total. The number of rotatable bonds is 5. The van der Waals surface area contributed by atoms with Gasteiger partial charge < -0.3 is 9.47 Å². The van der Waals surface area contributed by atoms with E-state index in [1.165, 1.54) is 4.31 Å². The molecule has 1 fully saturated rings. The Kier molecular flexibility index (Phi) is 5.85. The Morgan fingerprint density at radius 2 is 1.81 bits per heavy atom. The molecular formula is C23H28N4O3S. The van der Waals surface area contributed by atoms with Gasteiger partial charge in [-0.1, -0.05) is 36.4 Å². The highest BCUT2D eigenvalue weighted by Crippen LogP contribution is 2.30. The van der Waals surface area contributed by atoms with Crippen LogP contribution in [-0.2, 0) is 21.9 Å². The number of imidazole rings is 1. The van der Waals surface area contributed by atoms with Crippen molar-refractivity contribution >= 4 is 32.4 Å². The van der Waals surface area contributed by atoms with Crippen LogP contribution in [-0.4, -0.2) is 47.8 Å². The standard InChI is InChI=1S/C23H28N4O3S/c1-4-27(21-11-7-9-18-8-5-6-10-20(18)21)23(28)19-12-14-26(15-13-19)31(29,30)22-16-25(3)17(2)24-22/h5-11,16,19H,4,12-15H2,1-3H3. The van der Waals surface area contributed by atoms with Gasteiger partial charge in [0.15, 0.2) is 5.03 Å².